The Morgan fingerprint density at radius 2 is 2.35 bits per heavy atom. The van der Waals surface area contributed by atoms with Crippen molar-refractivity contribution >= 4 is 5.97 Å². The second-order valence-electron chi connectivity index (χ2n) is 3.46. The molecule has 0 atom stereocenters. The predicted molar refractivity (Wildman–Crippen MR) is 58.5 cm³/mol. The van der Waals surface area contributed by atoms with Crippen LogP contribution in [0.3, 0.4) is 0 Å². The molecule has 0 fully saturated rings. The van der Waals surface area contributed by atoms with Gasteiger partial charge in [-0.15, -0.1) is 0 Å². The third-order valence-corrected chi connectivity index (χ3v) is 2.24. The molecule has 17 heavy (non-hydrogen) atoms. The first-order valence-corrected chi connectivity index (χ1v) is 5.00. The van der Waals surface area contributed by atoms with Crippen molar-refractivity contribution in [2.24, 2.45) is 0 Å². The molecule has 0 bridgehead atoms. The van der Waals surface area contributed by atoms with E-state index in [-0.39, 0.29) is 18.4 Å². The van der Waals surface area contributed by atoms with Gasteiger partial charge in [-0.1, -0.05) is 0 Å². The molecule has 2 N–H and O–H groups in total. The Morgan fingerprint density at radius 1 is 1.53 bits per heavy atom. The van der Waals surface area contributed by atoms with Gasteiger partial charge in [-0.25, -0.2) is 4.98 Å². The summed E-state index contributed by atoms with van der Waals surface area (Å²) in [6, 6.07) is 3.36. The molecule has 0 aliphatic carbocycles. The molecule has 2 aromatic rings. The fourth-order valence-electron chi connectivity index (χ4n) is 1.38. The number of aromatic amines is 1. The topological polar surface area (TPSA) is 96.2 Å². The van der Waals surface area contributed by atoms with Crippen molar-refractivity contribution in [3.05, 3.63) is 40.5 Å². The van der Waals surface area contributed by atoms with Gasteiger partial charge >= 0.3 is 5.97 Å². The third-order valence-electron chi connectivity index (χ3n) is 2.24. The molecule has 0 saturated heterocycles. The summed E-state index contributed by atoms with van der Waals surface area (Å²) in [6.45, 7) is 0. The number of carboxylic acid groups (broad SMARTS) is 1. The van der Waals surface area contributed by atoms with Crippen molar-refractivity contribution in [2.45, 2.75) is 12.8 Å². The van der Waals surface area contributed by atoms with Gasteiger partial charge in [0.2, 0.25) is 0 Å². The SMILES string of the molecule is O=C(O)CCc1cnc(-c2ccco2)[nH]c1=O. The second-order valence-corrected chi connectivity index (χ2v) is 3.46. The highest BCUT2D eigenvalue weighted by molar-refractivity contribution is 5.67. The van der Waals surface area contributed by atoms with Crippen LogP contribution in [0.2, 0.25) is 0 Å². The molecular formula is C11H10N2O4. The Balaban J connectivity index is 2.23. The van der Waals surface area contributed by atoms with E-state index in [1.807, 2.05) is 0 Å². The van der Waals surface area contributed by atoms with Gasteiger partial charge in [-0.05, 0) is 18.6 Å². The lowest BCUT2D eigenvalue weighted by Crippen LogP contribution is -2.15. The van der Waals surface area contributed by atoms with Gasteiger partial charge in [0, 0.05) is 18.2 Å². The summed E-state index contributed by atoms with van der Waals surface area (Å²) in [5.41, 5.74) is 0.00959. The maximum Gasteiger partial charge on any atom is 0.303 e. The number of aliphatic carboxylic acids is 1. The summed E-state index contributed by atoms with van der Waals surface area (Å²) in [5, 5.41) is 8.52. The van der Waals surface area contributed by atoms with Crippen LogP contribution >= 0.6 is 0 Å². The molecule has 0 spiro atoms. The van der Waals surface area contributed by atoms with E-state index in [4.69, 9.17) is 9.52 Å². The molecule has 2 aromatic heterocycles. The van der Waals surface area contributed by atoms with Crippen molar-refractivity contribution in [3.8, 4) is 11.6 Å². The minimum Gasteiger partial charge on any atom is -0.481 e. The number of aromatic nitrogens is 2. The molecular weight excluding hydrogens is 224 g/mol. The van der Waals surface area contributed by atoms with E-state index >= 15 is 0 Å². The van der Waals surface area contributed by atoms with E-state index in [0.717, 1.165) is 0 Å². The van der Waals surface area contributed by atoms with Crippen LogP contribution in [-0.2, 0) is 11.2 Å². The van der Waals surface area contributed by atoms with Crippen LogP contribution < -0.4 is 5.56 Å². The van der Waals surface area contributed by atoms with E-state index < -0.39 is 5.97 Å². The van der Waals surface area contributed by atoms with Crippen molar-refractivity contribution in [1.82, 2.24) is 9.97 Å². The van der Waals surface area contributed by atoms with Gasteiger partial charge in [0.05, 0.1) is 6.26 Å². The number of furan rings is 1. The highest BCUT2D eigenvalue weighted by Crippen LogP contribution is 2.12. The quantitative estimate of drug-likeness (QED) is 0.824. The Bertz CT molecular complexity index is 571. The summed E-state index contributed by atoms with van der Waals surface area (Å²) >= 11 is 0. The molecule has 0 aliphatic rings. The first-order valence-electron chi connectivity index (χ1n) is 5.00. The number of nitrogens with zero attached hydrogens (tertiary/aromatic N) is 1. The zero-order valence-electron chi connectivity index (χ0n) is 8.84. The number of carbonyl (C=O) groups is 1. The Kier molecular flexibility index (Phi) is 3.04. The largest absolute Gasteiger partial charge is 0.481 e. The van der Waals surface area contributed by atoms with Crippen molar-refractivity contribution < 1.29 is 14.3 Å². The first kappa shape index (κ1) is 11.1. The Hall–Kier alpha value is -2.37. The summed E-state index contributed by atoms with van der Waals surface area (Å²) in [4.78, 5) is 28.6. The van der Waals surface area contributed by atoms with E-state index in [1.54, 1.807) is 12.1 Å². The molecule has 2 heterocycles. The summed E-state index contributed by atoms with van der Waals surface area (Å²) in [5.74, 6) is -0.148. The van der Waals surface area contributed by atoms with Gasteiger partial charge in [-0.3, -0.25) is 9.59 Å². The number of aryl methyl sites for hydroxylation is 1. The Labute approximate surface area is 95.9 Å². The van der Waals surface area contributed by atoms with Crippen molar-refractivity contribution in [3.63, 3.8) is 0 Å². The van der Waals surface area contributed by atoms with Crippen molar-refractivity contribution in [1.29, 1.82) is 0 Å². The minimum atomic E-state index is -0.945. The third kappa shape index (κ3) is 2.60. The van der Waals surface area contributed by atoms with Gasteiger partial charge < -0.3 is 14.5 Å². The molecule has 6 nitrogen and oxygen atoms in total. The lowest BCUT2D eigenvalue weighted by molar-refractivity contribution is -0.136. The number of hydrogen-bond acceptors (Lipinski definition) is 4. The zero-order chi connectivity index (χ0) is 12.3. The lowest BCUT2D eigenvalue weighted by atomic mass is 10.2. The van der Waals surface area contributed by atoms with Crippen molar-refractivity contribution in [2.75, 3.05) is 0 Å². The maximum atomic E-state index is 11.6. The molecule has 88 valence electrons. The van der Waals surface area contributed by atoms with Gasteiger partial charge in [0.1, 0.15) is 0 Å². The molecule has 0 unspecified atom stereocenters. The Morgan fingerprint density at radius 3 is 2.94 bits per heavy atom. The average Bonchev–Trinajstić information content (AvgIpc) is 2.80. The van der Waals surface area contributed by atoms with Gasteiger partial charge in [0.15, 0.2) is 11.6 Å². The number of hydrogen-bond donors (Lipinski definition) is 2. The monoisotopic (exact) mass is 234 g/mol. The molecule has 0 saturated carbocycles. The number of H-pyrrole nitrogens is 1. The van der Waals surface area contributed by atoms with E-state index in [9.17, 15) is 9.59 Å². The molecule has 0 aromatic carbocycles. The molecule has 2 rings (SSSR count). The standard InChI is InChI=1S/C11H10N2O4/c14-9(15)4-3-7-6-12-10(13-11(7)16)8-2-1-5-17-8/h1-2,5-6H,3-4H2,(H,14,15)(H,12,13,16). The fraction of sp³-hybridized carbons (Fsp3) is 0.182. The summed E-state index contributed by atoms with van der Waals surface area (Å²) in [7, 11) is 0. The normalized spacial score (nSPS) is 10.4. The minimum absolute atomic E-state index is 0.0924. The highest BCUT2D eigenvalue weighted by Gasteiger charge is 2.07. The van der Waals surface area contributed by atoms with Crippen LogP contribution in [-0.4, -0.2) is 21.0 Å². The second kappa shape index (κ2) is 4.65. The number of rotatable bonds is 4. The molecule has 0 radical (unpaired) electrons. The van der Waals surface area contributed by atoms with E-state index in [2.05, 4.69) is 9.97 Å². The van der Waals surface area contributed by atoms with Crippen LogP contribution in [0.4, 0.5) is 0 Å². The summed E-state index contributed by atoms with van der Waals surface area (Å²) < 4.78 is 5.09. The maximum absolute atomic E-state index is 11.6. The predicted octanol–water partition coefficient (Wildman–Crippen LogP) is 1.05. The number of nitrogens with one attached hydrogen (secondary N) is 1. The first-order chi connectivity index (χ1) is 8.16. The number of carboxylic acids is 1. The highest BCUT2D eigenvalue weighted by atomic mass is 16.4. The van der Waals surface area contributed by atoms with Crippen LogP contribution in [0.25, 0.3) is 11.6 Å². The molecule has 0 aliphatic heterocycles. The van der Waals surface area contributed by atoms with Gasteiger partial charge in [0.25, 0.3) is 5.56 Å². The van der Waals surface area contributed by atoms with Crippen LogP contribution in [0, 0.1) is 0 Å². The average molecular weight is 234 g/mol. The summed E-state index contributed by atoms with van der Waals surface area (Å²) in [6.07, 6.45) is 2.92. The smallest absolute Gasteiger partial charge is 0.303 e. The lowest BCUT2D eigenvalue weighted by Gasteiger charge is -1.99. The van der Waals surface area contributed by atoms with Crippen LogP contribution in [0.5, 0.6) is 0 Å². The molecule has 0 amide bonds. The van der Waals surface area contributed by atoms with E-state index in [1.165, 1.54) is 12.5 Å². The van der Waals surface area contributed by atoms with Crippen LogP contribution in [0.15, 0.2) is 33.8 Å². The molecule has 6 heteroatoms. The fourth-order valence-corrected chi connectivity index (χ4v) is 1.38. The zero-order valence-corrected chi connectivity index (χ0v) is 8.84. The van der Waals surface area contributed by atoms with E-state index in [0.29, 0.717) is 17.1 Å². The van der Waals surface area contributed by atoms with Crippen LogP contribution in [0.1, 0.15) is 12.0 Å². The van der Waals surface area contributed by atoms with Gasteiger partial charge in [-0.2, -0.15) is 0 Å².